The Hall–Kier alpha value is -0.0800. The number of piperidine rings is 1. The van der Waals surface area contributed by atoms with Crippen molar-refractivity contribution in [3.8, 4) is 0 Å². The van der Waals surface area contributed by atoms with Crippen molar-refractivity contribution < 1.29 is 5.11 Å². The zero-order chi connectivity index (χ0) is 8.97. The van der Waals surface area contributed by atoms with Crippen LogP contribution in [0.25, 0.3) is 0 Å². The van der Waals surface area contributed by atoms with Gasteiger partial charge in [-0.2, -0.15) is 0 Å². The molecule has 0 aromatic carbocycles. The summed E-state index contributed by atoms with van der Waals surface area (Å²) < 4.78 is 0. The summed E-state index contributed by atoms with van der Waals surface area (Å²) in [6.45, 7) is 4.37. The van der Waals surface area contributed by atoms with Gasteiger partial charge in [-0.05, 0) is 26.2 Å². The van der Waals surface area contributed by atoms with Crippen LogP contribution in [0, 0.1) is 0 Å². The van der Waals surface area contributed by atoms with Gasteiger partial charge in [0, 0.05) is 12.1 Å². The molecule has 0 amide bonds. The first-order chi connectivity index (χ1) is 5.72. The fraction of sp³-hybridized carbons (Fsp3) is 1.00. The Balaban J connectivity index is 2.24. The van der Waals surface area contributed by atoms with Gasteiger partial charge in [-0.15, -0.1) is 0 Å². The summed E-state index contributed by atoms with van der Waals surface area (Å²) in [7, 11) is 0. The van der Waals surface area contributed by atoms with Crippen LogP contribution in [0.2, 0.25) is 0 Å². The number of nitrogens with one attached hydrogen (secondary N) is 1. The molecule has 1 aliphatic heterocycles. The van der Waals surface area contributed by atoms with Crippen LogP contribution in [0.1, 0.15) is 46.0 Å². The van der Waals surface area contributed by atoms with E-state index in [1.165, 1.54) is 19.3 Å². The van der Waals surface area contributed by atoms with Crippen molar-refractivity contribution in [2.24, 2.45) is 0 Å². The standard InChI is InChI=1S/C10H21NO/c1-3-4-5-9-7-10(12)6-8(2)11-9/h8-12H,3-7H2,1-2H3/t8-,9+,10+/m0/s1. The number of rotatable bonds is 3. The maximum atomic E-state index is 9.51. The summed E-state index contributed by atoms with van der Waals surface area (Å²) in [5.74, 6) is 0. The third-order valence-electron chi connectivity index (χ3n) is 2.61. The lowest BCUT2D eigenvalue weighted by atomic mass is 9.94. The second-order valence-electron chi connectivity index (χ2n) is 4.03. The van der Waals surface area contributed by atoms with E-state index >= 15 is 0 Å². The minimum atomic E-state index is -0.0666. The highest BCUT2D eigenvalue weighted by Gasteiger charge is 2.23. The lowest BCUT2D eigenvalue weighted by Crippen LogP contribution is -2.45. The van der Waals surface area contributed by atoms with Crippen LogP contribution in [0.5, 0.6) is 0 Å². The van der Waals surface area contributed by atoms with E-state index in [4.69, 9.17) is 0 Å². The second-order valence-corrected chi connectivity index (χ2v) is 4.03. The predicted molar refractivity (Wildman–Crippen MR) is 51.2 cm³/mol. The summed E-state index contributed by atoms with van der Waals surface area (Å²) in [6.07, 6.45) is 5.55. The Morgan fingerprint density at radius 3 is 2.75 bits per heavy atom. The van der Waals surface area contributed by atoms with E-state index in [1.807, 2.05) is 0 Å². The smallest absolute Gasteiger partial charge is 0.0569 e. The maximum Gasteiger partial charge on any atom is 0.0569 e. The molecule has 1 heterocycles. The van der Waals surface area contributed by atoms with Crippen molar-refractivity contribution in [1.29, 1.82) is 0 Å². The molecule has 2 heteroatoms. The second kappa shape index (κ2) is 4.83. The lowest BCUT2D eigenvalue weighted by Gasteiger charge is -2.32. The topological polar surface area (TPSA) is 32.3 Å². The predicted octanol–water partition coefficient (Wildman–Crippen LogP) is 1.68. The van der Waals surface area contributed by atoms with Crippen LogP contribution < -0.4 is 5.32 Å². The fourth-order valence-electron chi connectivity index (χ4n) is 2.02. The van der Waals surface area contributed by atoms with Crippen molar-refractivity contribution in [1.82, 2.24) is 5.32 Å². The first kappa shape index (κ1) is 10.0. The minimum Gasteiger partial charge on any atom is -0.393 e. The van der Waals surface area contributed by atoms with Gasteiger partial charge in [0.2, 0.25) is 0 Å². The fourth-order valence-corrected chi connectivity index (χ4v) is 2.02. The monoisotopic (exact) mass is 171 g/mol. The molecule has 0 aromatic heterocycles. The SMILES string of the molecule is CCCC[C@@H]1C[C@H](O)C[C@H](C)N1. The Labute approximate surface area is 75.4 Å². The van der Waals surface area contributed by atoms with Gasteiger partial charge in [0.15, 0.2) is 0 Å². The lowest BCUT2D eigenvalue weighted by molar-refractivity contribution is 0.0947. The van der Waals surface area contributed by atoms with Gasteiger partial charge in [-0.1, -0.05) is 19.8 Å². The van der Waals surface area contributed by atoms with E-state index < -0.39 is 0 Å². The molecule has 0 aromatic rings. The third kappa shape index (κ3) is 3.11. The Morgan fingerprint density at radius 2 is 2.17 bits per heavy atom. The molecule has 1 aliphatic rings. The van der Waals surface area contributed by atoms with E-state index in [1.54, 1.807) is 0 Å². The highest BCUT2D eigenvalue weighted by Crippen LogP contribution is 2.17. The molecule has 72 valence electrons. The quantitative estimate of drug-likeness (QED) is 0.677. The van der Waals surface area contributed by atoms with Crippen LogP contribution in [-0.4, -0.2) is 23.3 Å². The molecule has 1 rings (SSSR count). The van der Waals surface area contributed by atoms with Gasteiger partial charge in [-0.25, -0.2) is 0 Å². The Morgan fingerprint density at radius 1 is 1.42 bits per heavy atom. The molecule has 1 saturated heterocycles. The van der Waals surface area contributed by atoms with Gasteiger partial charge in [0.25, 0.3) is 0 Å². The maximum absolute atomic E-state index is 9.51. The van der Waals surface area contributed by atoms with Crippen LogP contribution in [0.4, 0.5) is 0 Å². The van der Waals surface area contributed by atoms with Gasteiger partial charge < -0.3 is 10.4 Å². The summed E-state index contributed by atoms with van der Waals surface area (Å²) >= 11 is 0. The minimum absolute atomic E-state index is 0.0666. The van der Waals surface area contributed by atoms with Crippen LogP contribution in [0.3, 0.4) is 0 Å². The molecular weight excluding hydrogens is 150 g/mol. The Kier molecular flexibility index (Phi) is 4.02. The van der Waals surface area contributed by atoms with Crippen molar-refractivity contribution >= 4 is 0 Å². The molecule has 0 unspecified atom stereocenters. The van der Waals surface area contributed by atoms with E-state index in [-0.39, 0.29) is 6.10 Å². The summed E-state index contributed by atoms with van der Waals surface area (Å²) in [6, 6.07) is 1.05. The molecule has 0 spiro atoms. The summed E-state index contributed by atoms with van der Waals surface area (Å²) in [4.78, 5) is 0. The third-order valence-corrected chi connectivity index (χ3v) is 2.61. The first-order valence-electron chi connectivity index (χ1n) is 5.16. The number of aliphatic hydroxyl groups is 1. The van der Waals surface area contributed by atoms with Crippen molar-refractivity contribution in [3.05, 3.63) is 0 Å². The number of hydrogen-bond donors (Lipinski definition) is 2. The molecule has 3 atom stereocenters. The van der Waals surface area contributed by atoms with Crippen molar-refractivity contribution in [3.63, 3.8) is 0 Å². The summed E-state index contributed by atoms with van der Waals surface area (Å²) in [5, 5.41) is 13.0. The molecule has 2 N–H and O–H groups in total. The van der Waals surface area contributed by atoms with Crippen LogP contribution in [-0.2, 0) is 0 Å². The highest BCUT2D eigenvalue weighted by atomic mass is 16.3. The van der Waals surface area contributed by atoms with E-state index in [0.29, 0.717) is 12.1 Å². The normalized spacial score (nSPS) is 36.8. The molecule has 2 nitrogen and oxygen atoms in total. The first-order valence-corrected chi connectivity index (χ1v) is 5.16. The molecule has 0 saturated carbocycles. The molecule has 0 radical (unpaired) electrons. The van der Waals surface area contributed by atoms with Crippen LogP contribution in [0.15, 0.2) is 0 Å². The van der Waals surface area contributed by atoms with E-state index in [2.05, 4.69) is 19.2 Å². The largest absolute Gasteiger partial charge is 0.393 e. The van der Waals surface area contributed by atoms with Crippen LogP contribution >= 0.6 is 0 Å². The number of aliphatic hydroxyl groups excluding tert-OH is 1. The zero-order valence-electron chi connectivity index (χ0n) is 8.21. The van der Waals surface area contributed by atoms with Crippen molar-refractivity contribution in [2.45, 2.75) is 64.1 Å². The van der Waals surface area contributed by atoms with Gasteiger partial charge in [-0.3, -0.25) is 0 Å². The average Bonchev–Trinajstić information content (AvgIpc) is 1.99. The molecular formula is C10H21NO. The highest BCUT2D eigenvalue weighted by molar-refractivity contribution is 4.82. The van der Waals surface area contributed by atoms with Crippen molar-refractivity contribution in [2.75, 3.05) is 0 Å². The molecule has 0 aliphatic carbocycles. The van der Waals surface area contributed by atoms with E-state index in [0.717, 1.165) is 12.8 Å². The Bertz CT molecular complexity index is 117. The number of hydrogen-bond acceptors (Lipinski definition) is 2. The average molecular weight is 171 g/mol. The van der Waals surface area contributed by atoms with Gasteiger partial charge in [0.05, 0.1) is 6.10 Å². The van der Waals surface area contributed by atoms with E-state index in [9.17, 15) is 5.11 Å². The molecule has 12 heavy (non-hydrogen) atoms. The van der Waals surface area contributed by atoms with Gasteiger partial charge in [0.1, 0.15) is 0 Å². The van der Waals surface area contributed by atoms with Gasteiger partial charge >= 0.3 is 0 Å². The molecule has 1 fully saturated rings. The summed E-state index contributed by atoms with van der Waals surface area (Å²) in [5.41, 5.74) is 0. The number of unbranched alkanes of at least 4 members (excludes halogenated alkanes) is 1. The zero-order valence-corrected chi connectivity index (χ0v) is 8.21. The molecule has 0 bridgehead atoms.